The molecule has 150 valence electrons. The molecule has 0 aliphatic heterocycles. The number of amides is 1. The van der Waals surface area contributed by atoms with Crippen molar-refractivity contribution in [3.8, 4) is 6.07 Å². The summed E-state index contributed by atoms with van der Waals surface area (Å²) >= 11 is 0. The number of nitrogens with zero attached hydrogens (tertiary/aromatic N) is 3. The van der Waals surface area contributed by atoms with Crippen molar-refractivity contribution in [2.45, 2.75) is 19.0 Å². The van der Waals surface area contributed by atoms with Gasteiger partial charge in [0.15, 0.2) is 0 Å². The first-order valence-electron chi connectivity index (χ1n) is 9.15. The molecule has 0 aliphatic carbocycles. The Bertz CT molecular complexity index is 1150. The topological polar surface area (TPSA) is 118 Å². The van der Waals surface area contributed by atoms with Crippen LogP contribution < -0.4 is 10.9 Å². The molecule has 1 atom stereocenters. The van der Waals surface area contributed by atoms with Crippen LogP contribution in [0, 0.1) is 21.4 Å². The van der Waals surface area contributed by atoms with Crippen LogP contribution in [0.3, 0.4) is 0 Å². The fourth-order valence-corrected chi connectivity index (χ4v) is 3.10. The average molecular weight is 402 g/mol. The highest BCUT2D eigenvalue weighted by atomic mass is 16.6. The summed E-state index contributed by atoms with van der Waals surface area (Å²) in [6, 6.07) is 21.2. The van der Waals surface area contributed by atoms with Gasteiger partial charge in [-0.25, -0.2) is 0 Å². The third kappa shape index (κ3) is 4.97. The highest BCUT2D eigenvalue weighted by molar-refractivity contribution is 5.76. The minimum Gasteiger partial charge on any atom is -0.347 e. The van der Waals surface area contributed by atoms with Crippen molar-refractivity contribution in [3.05, 3.63) is 110 Å². The maximum absolute atomic E-state index is 12.7. The van der Waals surface area contributed by atoms with E-state index < -0.39 is 28.6 Å². The van der Waals surface area contributed by atoms with E-state index in [1.807, 2.05) is 60.7 Å². The minimum atomic E-state index is -0.752. The second-order valence-corrected chi connectivity index (χ2v) is 6.63. The van der Waals surface area contributed by atoms with E-state index in [4.69, 9.17) is 5.26 Å². The van der Waals surface area contributed by atoms with E-state index in [9.17, 15) is 19.7 Å². The quantitative estimate of drug-likeness (QED) is 0.481. The van der Waals surface area contributed by atoms with E-state index >= 15 is 0 Å². The van der Waals surface area contributed by atoms with Crippen molar-refractivity contribution in [1.29, 1.82) is 5.26 Å². The van der Waals surface area contributed by atoms with Crippen LogP contribution in [0.15, 0.2) is 77.7 Å². The molecule has 0 fully saturated rings. The lowest BCUT2D eigenvalue weighted by Crippen LogP contribution is -2.36. The monoisotopic (exact) mass is 402 g/mol. The summed E-state index contributed by atoms with van der Waals surface area (Å²) in [6.45, 7) is -0.437. The van der Waals surface area contributed by atoms with Crippen LogP contribution in [0.25, 0.3) is 0 Å². The van der Waals surface area contributed by atoms with Gasteiger partial charge in [-0.05, 0) is 17.5 Å². The molecule has 0 saturated carbocycles. The Morgan fingerprint density at radius 2 is 1.77 bits per heavy atom. The number of pyridine rings is 1. The zero-order chi connectivity index (χ0) is 21.5. The van der Waals surface area contributed by atoms with Crippen molar-refractivity contribution in [1.82, 2.24) is 9.88 Å². The molecular weight excluding hydrogens is 384 g/mol. The minimum absolute atomic E-state index is 0.356. The molecule has 30 heavy (non-hydrogen) atoms. The number of rotatable bonds is 7. The Kier molecular flexibility index (Phi) is 6.35. The number of carbonyl (C=O) groups excluding carboxylic acids is 1. The van der Waals surface area contributed by atoms with Gasteiger partial charge < -0.3 is 5.32 Å². The van der Waals surface area contributed by atoms with Crippen LogP contribution in [-0.4, -0.2) is 15.4 Å². The molecular formula is C22H18N4O4. The first kappa shape index (κ1) is 20.5. The summed E-state index contributed by atoms with van der Waals surface area (Å²) in [5.74, 6) is -0.494. The van der Waals surface area contributed by atoms with Crippen molar-refractivity contribution in [2.24, 2.45) is 0 Å². The number of nitrogens with one attached hydrogen (secondary N) is 1. The molecule has 0 unspecified atom stereocenters. The number of nitriles is 1. The van der Waals surface area contributed by atoms with Gasteiger partial charge in [0.05, 0.1) is 17.2 Å². The van der Waals surface area contributed by atoms with Gasteiger partial charge in [0, 0.05) is 6.07 Å². The van der Waals surface area contributed by atoms with Crippen LogP contribution >= 0.6 is 0 Å². The second-order valence-electron chi connectivity index (χ2n) is 6.63. The van der Waals surface area contributed by atoms with Crippen LogP contribution in [0.5, 0.6) is 0 Å². The van der Waals surface area contributed by atoms with Gasteiger partial charge in [0.1, 0.15) is 18.2 Å². The molecule has 1 aromatic heterocycles. The summed E-state index contributed by atoms with van der Waals surface area (Å²) in [5.41, 5.74) is 0.339. The largest absolute Gasteiger partial charge is 0.347 e. The second kappa shape index (κ2) is 9.30. The van der Waals surface area contributed by atoms with Crippen molar-refractivity contribution < 1.29 is 9.72 Å². The molecule has 2 aromatic carbocycles. The predicted molar refractivity (Wildman–Crippen MR) is 110 cm³/mol. The highest BCUT2D eigenvalue weighted by Crippen LogP contribution is 2.18. The molecule has 8 nitrogen and oxygen atoms in total. The highest BCUT2D eigenvalue weighted by Gasteiger charge is 2.19. The van der Waals surface area contributed by atoms with Crippen molar-refractivity contribution in [3.63, 3.8) is 0 Å². The number of aromatic nitrogens is 1. The summed E-state index contributed by atoms with van der Waals surface area (Å²) in [6.07, 6.45) is 1.50. The molecule has 0 radical (unpaired) electrons. The Balaban J connectivity index is 1.85. The Morgan fingerprint density at radius 1 is 1.13 bits per heavy atom. The lowest BCUT2D eigenvalue weighted by Gasteiger charge is -2.20. The summed E-state index contributed by atoms with van der Waals surface area (Å²) in [7, 11) is 0. The van der Waals surface area contributed by atoms with Crippen LogP contribution in [0.1, 0.15) is 22.7 Å². The number of carbonyl (C=O) groups is 1. The maximum atomic E-state index is 12.7. The molecule has 0 bridgehead atoms. The van der Waals surface area contributed by atoms with E-state index in [0.717, 1.165) is 28.0 Å². The number of benzene rings is 2. The van der Waals surface area contributed by atoms with E-state index in [-0.39, 0.29) is 11.6 Å². The van der Waals surface area contributed by atoms with Gasteiger partial charge in [0.2, 0.25) is 5.91 Å². The van der Waals surface area contributed by atoms with E-state index in [0.29, 0.717) is 6.42 Å². The number of nitro groups is 1. The number of hydrogen-bond acceptors (Lipinski definition) is 5. The Hall–Kier alpha value is -4.25. The van der Waals surface area contributed by atoms with Gasteiger partial charge in [-0.1, -0.05) is 60.7 Å². The van der Waals surface area contributed by atoms with Gasteiger partial charge in [-0.15, -0.1) is 0 Å². The fourth-order valence-electron chi connectivity index (χ4n) is 3.10. The van der Waals surface area contributed by atoms with Gasteiger partial charge >= 0.3 is 0 Å². The van der Waals surface area contributed by atoms with Crippen LogP contribution in [0.4, 0.5) is 5.69 Å². The summed E-state index contributed by atoms with van der Waals surface area (Å²) < 4.78 is 0.886. The summed E-state index contributed by atoms with van der Waals surface area (Å²) in [5, 5.41) is 23.0. The zero-order valence-electron chi connectivity index (χ0n) is 15.9. The van der Waals surface area contributed by atoms with Crippen LogP contribution in [-0.2, 0) is 17.8 Å². The molecule has 0 saturated heterocycles. The SMILES string of the molecule is N#Cc1cc([N+](=O)[O-])cn(CC(=O)N[C@H](Cc2ccccc2)c2ccccc2)c1=O. The normalized spacial score (nSPS) is 11.3. The maximum Gasteiger partial charge on any atom is 0.287 e. The molecule has 1 heterocycles. The average Bonchev–Trinajstić information content (AvgIpc) is 2.76. The number of hydrogen-bond donors (Lipinski definition) is 1. The molecule has 3 rings (SSSR count). The molecule has 1 amide bonds. The van der Waals surface area contributed by atoms with Gasteiger partial charge in [-0.2, -0.15) is 5.26 Å². The van der Waals surface area contributed by atoms with Gasteiger partial charge in [-0.3, -0.25) is 24.3 Å². The first-order chi connectivity index (χ1) is 14.5. The lowest BCUT2D eigenvalue weighted by molar-refractivity contribution is -0.385. The molecule has 3 aromatic rings. The Labute approximate surface area is 172 Å². The molecule has 0 aliphatic rings. The summed E-state index contributed by atoms with van der Waals surface area (Å²) in [4.78, 5) is 35.3. The third-order valence-corrected chi connectivity index (χ3v) is 4.54. The van der Waals surface area contributed by atoms with Crippen molar-refractivity contribution in [2.75, 3.05) is 0 Å². The van der Waals surface area contributed by atoms with Gasteiger partial charge in [0.25, 0.3) is 11.2 Å². The standard InChI is InChI=1S/C22H18N4O4/c23-13-18-12-19(26(29)30)14-25(22(18)28)15-21(27)24-20(17-9-5-2-6-10-17)11-16-7-3-1-4-8-16/h1-10,12,14,20H,11,15H2,(H,24,27)/t20-/m1/s1. The van der Waals surface area contributed by atoms with Crippen LogP contribution in [0.2, 0.25) is 0 Å². The third-order valence-electron chi connectivity index (χ3n) is 4.54. The molecule has 0 spiro atoms. The Morgan fingerprint density at radius 3 is 2.37 bits per heavy atom. The molecule has 8 heteroatoms. The van der Waals surface area contributed by atoms with E-state index in [2.05, 4.69) is 5.32 Å². The smallest absolute Gasteiger partial charge is 0.287 e. The lowest BCUT2D eigenvalue weighted by atomic mass is 9.99. The fraction of sp³-hybridized carbons (Fsp3) is 0.136. The molecule has 1 N–H and O–H groups in total. The van der Waals surface area contributed by atoms with E-state index in [1.54, 1.807) is 6.07 Å². The van der Waals surface area contributed by atoms with Crippen molar-refractivity contribution >= 4 is 11.6 Å². The zero-order valence-corrected chi connectivity index (χ0v) is 15.9. The van der Waals surface area contributed by atoms with E-state index in [1.165, 1.54) is 0 Å². The predicted octanol–water partition coefficient (Wildman–Crippen LogP) is 2.73. The first-order valence-corrected chi connectivity index (χ1v) is 9.15.